The Morgan fingerprint density at radius 2 is 0.649 bits per heavy atom. The van der Waals surface area contributed by atoms with Crippen molar-refractivity contribution in [2.45, 2.75) is 405 Å². The van der Waals surface area contributed by atoms with Crippen LogP contribution in [-0.4, -0.2) is 47.4 Å². The highest BCUT2D eigenvalue weighted by Gasteiger charge is 2.20. The van der Waals surface area contributed by atoms with E-state index in [0.717, 1.165) is 51.4 Å². The Morgan fingerprint density at radius 3 is 0.987 bits per heavy atom. The van der Waals surface area contributed by atoms with Crippen LogP contribution in [0.15, 0.2) is 24.3 Å². The zero-order chi connectivity index (χ0) is 55.7. The highest BCUT2D eigenvalue weighted by molar-refractivity contribution is 5.76. The number of carbonyl (C=O) groups excluding carboxylic acids is 2. The van der Waals surface area contributed by atoms with Gasteiger partial charge in [0.15, 0.2) is 0 Å². The van der Waals surface area contributed by atoms with Gasteiger partial charge in [-0.2, -0.15) is 0 Å². The van der Waals surface area contributed by atoms with Gasteiger partial charge < -0.3 is 20.3 Å². The van der Waals surface area contributed by atoms with Crippen LogP contribution in [-0.2, 0) is 14.3 Å². The average molecular weight is 1080 g/mol. The molecule has 0 heterocycles. The molecule has 2 unspecified atom stereocenters. The van der Waals surface area contributed by atoms with Crippen LogP contribution in [0.25, 0.3) is 0 Å². The van der Waals surface area contributed by atoms with Gasteiger partial charge in [0.25, 0.3) is 0 Å². The van der Waals surface area contributed by atoms with Crippen LogP contribution in [0.5, 0.6) is 0 Å². The molecule has 2 atom stereocenters. The van der Waals surface area contributed by atoms with Crippen molar-refractivity contribution in [3.05, 3.63) is 24.3 Å². The van der Waals surface area contributed by atoms with Crippen molar-refractivity contribution in [2.24, 2.45) is 0 Å². The summed E-state index contributed by atoms with van der Waals surface area (Å²) in [5, 5.41) is 23.4. The molecular formula is C71H137NO5. The molecule has 0 bridgehead atoms. The van der Waals surface area contributed by atoms with Gasteiger partial charge in [0.2, 0.25) is 5.91 Å². The highest BCUT2D eigenvalue weighted by atomic mass is 16.5. The van der Waals surface area contributed by atoms with Crippen LogP contribution in [0.1, 0.15) is 393 Å². The minimum Gasteiger partial charge on any atom is -0.465 e. The molecule has 77 heavy (non-hydrogen) atoms. The minimum absolute atomic E-state index is 0.0298. The van der Waals surface area contributed by atoms with Gasteiger partial charge in [-0.25, -0.2) is 0 Å². The summed E-state index contributed by atoms with van der Waals surface area (Å²) in [6.45, 7) is 4.89. The van der Waals surface area contributed by atoms with Gasteiger partial charge in [-0.15, -0.1) is 0 Å². The largest absolute Gasteiger partial charge is 0.465 e. The van der Waals surface area contributed by atoms with Gasteiger partial charge in [-0.3, -0.25) is 9.59 Å². The van der Waals surface area contributed by atoms with Crippen LogP contribution in [0.4, 0.5) is 0 Å². The van der Waals surface area contributed by atoms with Crippen LogP contribution in [0.3, 0.4) is 0 Å². The molecule has 0 aromatic rings. The van der Waals surface area contributed by atoms with E-state index < -0.39 is 12.1 Å². The minimum atomic E-state index is -0.669. The van der Waals surface area contributed by atoms with E-state index in [9.17, 15) is 19.8 Å². The van der Waals surface area contributed by atoms with E-state index in [1.54, 1.807) is 0 Å². The molecule has 1 amide bonds. The topological polar surface area (TPSA) is 95.9 Å². The second kappa shape index (κ2) is 66.8. The fraction of sp³-hybridized carbons (Fsp3) is 0.915. The molecule has 456 valence electrons. The number of esters is 1. The maximum Gasteiger partial charge on any atom is 0.305 e. The molecule has 3 N–H and O–H groups in total. The number of hydrogen-bond acceptors (Lipinski definition) is 5. The van der Waals surface area contributed by atoms with E-state index in [2.05, 4.69) is 43.5 Å². The Bertz CT molecular complexity index is 1200. The molecule has 0 saturated carbocycles. The molecule has 0 aromatic heterocycles. The summed E-state index contributed by atoms with van der Waals surface area (Å²) in [7, 11) is 0. The van der Waals surface area contributed by atoms with Crippen molar-refractivity contribution in [3.63, 3.8) is 0 Å². The second-order valence-electron chi connectivity index (χ2n) is 24.2. The zero-order valence-electron chi connectivity index (χ0n) is 52.2. The molecule has 0 spiro atoms. The Labute approximate surface area is 481 Å². The van der Waals surface area contributed by atoms with E-state index in [1.165, 1.54) is 308 Å². The quantitative estimate of drug-likeness (QED) is 0.0320. The monoisotopic (exact) mass is 1080 g/mol. The number of hydrogen-bond donors (Lipinski definition) is 3. The third-order valence-electron chi connectivity index (χ3n) is 16.5. The molecule has 0 aromatic carbocycles. The standard InChI is InChI=1S/C71H137NO5/c1-3-5-7-9-11-13-15-17-19-21-23-25-28-31-35-39-43-47-51-55-59-63-69(74)68(67-73)72-70(75)64-60-56-52-48-44-40-36-32-29-26-24-27-30-34-38-42-46-50-54-58-62-66-77-71(76)65-61-57-53-49-45-41-37-33-22-20-18-16-14-12-10-8-6-4-2/h42,46,54,58,68-69,73-74H,3-41,43-45,47-53,55-57,59-67H2,1-2H3,(H,72,75)/b46-42-,58-54-. The van der Waals surface area contributed by atoms with Crippen molar-refractivity contribution in [1.82, 2.24) is 5.32 Å². The van der Waals surface area contributed by atoms with Crippen molar-refractivity contribution in [2.75, 3.05) is 13.2 Å². The number of aliphatic hydroxyl groups excluding tert-OH is 2. The average Bonchev–Trinajstić information content (AvgIpc) is 3.43. The van der Waals surface area contributed by atoms with Crippen LogP contribution in [0, 0.1) is 0 Å². The molecule has 0 rings (SSSR count). The number of nitrogens with one attached hydrogen (secondary N) is 1. The van der Waals surface area contributed by atoms with E-state index in [4.69, 9.17) is 4.74 Å². The first-order valence-corrected chi connectivity index (χ1v) is 35.1. The fourth-order valence-electron chi connectivity index (χ4n) is 11.2. The molecule has 0 fully saturated rings. The number of ether oxygens (including phenoxy) is 1. The van der Waals surface area contributed by atoms with Gasteiger partial charge in [0.1, 0.15) is 0 Å². The van der Waals surface area contributed by atoms with Gasteiger partial charge in [-0.1, -0.05) is 359 Å². The molecule has 6 heteroatoms. The SMILES string of the molecule is CCCCCCCCCCCCCCCCCCCCCCCC(O)C(CO)NC(=O)CCCCCCCCCCCCCCCC/C=C\C/C=C\CCOC(=O)CCCCCCCCCCCCCCCCCCCC. The summed E-state index contributed by atoms with van der Waals surface area (Å²) in [6, 6.07) is -0.546. The Morgan fingerprint density at radius 1 is 0.364 bits per heavy atom. The van der Waals surface area contributed by atoms with E-state index in [0.29, 0.717) is 25.9 Å². The molecule has 0 aliphatic rings. The summed E-state index contributed by atoms with van der Waals surface area (Å²) in [4.78, 5) is 24.6. The van der Waals surface area contributed by atoms with Gasteiger partial charge in [0.05, 0.1) is 25.4 Å². The predicted octanol–water partition coefficient (Wildman–Crippen LogP) is 22.5. The van der Waals surface area contributed by atoms with Crippen molar-refractivity contribution in [3.8, 4) is 0 Å². The number of unbranched alkanes of at least 4 members (excludes halogenated alkanes) is 51. The third-order valence-corrected chi connectivity index (χ3v) is 16.5. The molecule has 0 radical (unpaired) electrons. The highest BCUT2D eigenvalue weighted by Crippen LogP contribution is 2.19. The third kappa shape index (κ3) is 63.4. The van der Waals surface area contributed by atoms with Gasteiger partial charge >= 0.3 is 5.97 Å². The van der Waals surface area contributed by atoms with Gasteiger partial charge in [-0.05, 0) is 44.9 Å². The van der Waals surface area contributed by atoms with Gasteiger partial charge in [0, 0.05) is 12.8 Å². The van der Waals surface area contributed by atoms with Crippen LogP contribution < -0.4 is 5.32 Å². The summed E-state index contributed by atoms with van der Waals surface area (Å²) in [5.74, 6) is -0.0652. The van der Waals surface area contributed by atoms with E-state index >= 15 is 0 Å². The molecular weight excluding hydrogens is 947 g/mol. The van der Waals surface area contributed by atoms with Crippen LogP contribution >= 0.6 is 0 Å². The number of carbonyl (C=O) groups is 2. The van der Waals surface area contributed by atoms with Crippen molar-refractivity contribution in [1.29, 1.82) is 0 Å². The number of aliphatic hydroxyl groups is 2. The van der Waals surface area contributed by atoms with E-state index in [-0.39, 0.29) is 18.5 Å². The summed E-state index contributed by atoms with van der Waals surface area (Å²) in [6.07, 6.45) is 83.8. The summed E-state index contributed by atoms with van der Waals surface area (Å²) in [5.41, 5.74) is 0. The predicted molar refractivity (Wildman–Crippen MR) is 338 cm³/mol. The Kier molecular flexibility index (Phi) is 65.4. The van der Waals surface area contributed by atoms with Crippen LogP contribution in [0.2, 0.25) is 0 Å². The first-order chi connectivity index (χ1) is 38.0. The molecule has 0 aliphatic heterocycles. The molecule has 0 saturated heterocycles. The number of allylic oxidation sites excluding steroid dienone is 3. The Balaban J connectivity index is 3.43. The molecule has 0 aliphatic carbocycles. The molecule has 6 nitrogen and oxygen atoms in total. The lowest BCUT2D eigenvalue weighted by Gasteiger charge is -2.22. The summed E-state index contributed by atoms with van der Waals surface area (Å²) >= 11 is 0. The maximum atomic E-state index is 12.5. The number of rotatable bonds is 66. The zero-order valence-corrected chi connectivity index (χ0v) is 52.2. The number of amides is 1. The normalized spacial score (nSPS) is 12.6. The van der Waals surface area contributed by atoms with Crippen molar-refractivity contribution >= 4 is 11.9 Å². The lowest BCUT2D eigenvalue weighted by Crippen LogP contribution is -2.45. The second-order valence-corrected chi connectivity index (χ2v) is 24.2. The lowest BCUT2D eigenvalue weighted by molar-refractivity contribution is -0.143. The first-order valence-electron chi connectivity index (χ1n) is 35.1. The fourth-order valence-corrected chi connectivity index (χ4v) is 11.2. The van der Waals surface area contributed by atoms with E-state index in [1.807, 2.05) is 0 Å². The van der Waals surface area contributed by atoms with Crippen molar-refractivity contribution < 1.29 is 24.5 Å². The first kappa shape index (κ1) is 75.3. The summed E-state index contributed by atoms with van der Waals surface area (Å²) < 4.78 is 5.44. The lowest BCUT2D eigenvalue weighted by atomic mass is 10.0. The maximum absolute atomic E-state index is 12.5. The Hall–Kier alpha value is -1.66. The smallest absolute Gasteiger partial charge is 0.305 e.